The fourth-order valence-corrected chi connectivity index (χ4v) is 2.78. The van der Waals surface area contributed by atoms with Crippen molar-refractivity contribution in [3.8, 4) is 0 Å². The number of guanidine groups is 1. The van der Waals surface area contributed by atoms with Gasteiger partial charge in [0.2, 0.25) is 0 Å². The van der Waals surface area contributed by atoms with Gasteiger partial charge in [-0.05, 0) is 31.7 Å². The number of aryl methyl sites for hydroxylation is 1. The van der Waals surface area contributed by atoms with E-state index in [9.17, 15) is 0 Å². The molecule has 5 nitrogen and oxygen atoms in total. The lowest BCUT2D eigenvalue weighted by Gasteiger charge is -2.21. The molecule has 1 heterocycles. The molecule has 0 aliphatic heterocycles. The molecule has 1 saturated carbocycles. The average molecular weight is 329 g/mol. The van der Waals surface area contributed by atoms with Crippen LogP contribution >= 0.6 is 0 Å². The molecule has 1 aliphatic carbocycles. The van der Waals surface area contributed by atoms with E-state index in [0.717, 1.165) is 43.0 Å². The van der Waals surface area contributed by atoms with Crippen molar-refractivity contribution in [2.75, 3.05) is 33.9 Å². The van der Waals surface area contributed by atoms with Crippen LogP contribution in [0, 0.1) is 12.8 Å². The maximum absolute atomic E-state index is 5.94. The van der Waals surface area contributed by atoms with E-state index in [1.165, 1.54) is 23.8 Å². The standard InChI is InChI=1S/C19H27N3O2/c1-14-16-6-4-5-7-17(16)24-18(14)12-21-19(20-2)22(3)10-11-23-13-15-8-9-15/h4-7,15H,8-13H2,1-3H3,(H,20,21). The summed E-state index contributed by atoms with van der Waals surface area (Å²) < 4.78 is 11.6. The monoisotopic (exact) mass is 329 g/mol. The second-order valence-corrected chi connectivity index (χ2v) is 6.49. The normalized spacial score (nSPS) is 15.0. The summed E-state index contributed by atoms with van der Waals surface area (Å²) in [6, 6.07) is 8.13. The number of benzene rings is 1. The molecule has 0 saturated heterocycles. The molecule has 130 valence electrons. The number of aliphatic imine (C=N–C) groups is 1. The van der Waals surface area contributed by atoms with E-state index < -0.39 is 0 Å². The lowest BCUT2D eigenvalue weighted by atomic mass is 10.1. The van der Waals surface area contributed by atoms with E-state index >= 15 is 0 Å². The van der Waals surface area contributed by atoms with Gasteiger partial charge in [-0.2, -0.15) is 0 Å². The van der Waals surface area contributed by atoms with Gasteiger partial charge in [-0.1, -0.05) is 18.2 Å². The summed E-state index contributed by atoms with van der Waals surface area (Å²) in [6.07, 6.45) is 2.66. The van der Waals surface area contributed by atoms with Gasteiger partial charge in [0.25, 0.3) is 0 Å². The Balaban J connectivity index is 1.51. The molecule has 24 heavy (non-hydrogen) atoms. The van der Waals surface area contributed by atoms with Crippen molar-refractivity contribution in [3.05, 3.63) is 35.6 Å². The minimum absolute atomic E-state index is 0.625. The van der Waals surface area contributed by atoms with Crippen LogP contribution in [-0.4, -0.2) is 44.7 Å². The van der Waals surface area contributed by atoms with Crippen molar-refractivity contribution in [3.63, 3.8) is 0 Å². The highest BCUT2D eigenvalue weighted by atomic mass is 16.5. The molecule has 0 radical (unpaired) electrons. The molecule has 1 aliphatic rings. The molecule has 2 aromatic rings. The summed E-state index contributed by atoms with van der Waals surface area (Å²) in [6.45, 7) is 5.18. The van der Waals surface area contributed by atoms with Gasteiger partial charge in [0, 0.05) is 38.2 Å². The Kier molecular flexibility index (Phi) is 5.41. The lowest BCUT2D eigenvalue weighted by molar-refractivity contribution is 0.115. The first-order valence-electron chi connectivity index (χ1n) is 8.65. The van der Waals surface area contributed by atoms with Gasteiger partial charge >= 0.3 is 0 Å². The lowest BCUT2D eigenvalue weighted by Crippen LogP contribution is -2.40. The van der Waals surface area contributed by atoms with Crippen molar-refractivity contribution in [1.82, 2.24) is 10.2 Å². The Labute approximate surface area is 143 Å². The van der Waals surface area contributed by atoms with Gasteiger partial charge in [0.05, 0.1) is 13.2 Å². The highest BCUT2D eigenvalue weighted by Crippen LogP contribution is 2.28. The molecule has 5 heteroatoms. The predicted molar refractivity (Wildman–Crippen MR) is 97.3 cm³/mol. The minimum atomic E-state index is 0.625. The van der Waals surface area contributed by atoms with Crippen LogP contribution in [0.5, 0.6) is 0 Å². The van der Waals surface area contributed by atoms with Crippen LogP contribution in [0.3, 0.4) is 0 Å². The van der Waals surface area contributed by atoms with Gasteiger partial charge in [-0.3, -0.25) is 4.99 Å². The quantitative estimate of drug-likeness (QED) is 0.481. The smallest absolute Gasteiger partial charge is 0.193 e. The van der Waals surface area contributed by atoms with Crippen LogP contribution in [0.25, 0.3) is 11.0 Å². The summed E-state index contributed by atoms with van der Waals surface area (Å²) in [5, 5.41) is 4.55. The van der Waals surface area contributed by atoms with Crippen LogP contribution in [-0.2, 0) is 11.3 Å². The SMILES string of the molecule is CN=C(NCc1oc2ccccc2c1C)N(C)CCOCC1CC1. The van der Waals surface area contributed by atoms with Crippen molar-refractivity contribution in [2.24, 2.45) is 10.9 Å². The Morgan fingerprint density at radius 2 is 2.17 bits per heavy atom. The molecule has 0 amide bonds. The van der Waals surface area contributed by atoms with E-state index in [1.54, 1.807) is 7.05 Å². The maximum Gasteiger partial charge on any atom is 0.193 e. The molecule has 0 spiro atoms. The molecule has 1 N–H and O–H groups in total. The Morgan fingerprint density at radius 3 is 2.88 bits per heavy atom. The van der Waals surface area contributed by atoms with Crippen LogP contribution in [0.1, 0.15) is 24.2 Å². The first kappa shape index (κ1) is 16.8. The second-order valence-electron chi connectivity index (χ2n) is 6.49. The van der Waals surface area contributed by atoms with Crippen molar-refractivity contribution in [2.45, 2.75) is 26.3 Å². The number of hydrogen-bond acceptors (Lipinski definition) is 3. The van der Waals surface area contributed by atoms with Gasteiger partial charge in [0.1, 0.15) is 11.3 Å². The third kappa shape index (κ3) is 4.09. The molecule has 1 aromatic carbocycles. The van der Waals surface area contributed by atoms with Gasteiger partial charge in [-0.15, -0.1) is 0 Å². The number of para-hydroxylation sites is 1. The second kappa shape index (κ2) is 7.71. The summed E-state index contributed by atoms with van der Waals surface area (Å²) >= 11 is 0. The summed E-state index contributed by atoms with van der Waals surface area (Å²) in [5.74, 6) is 2.62. The van der Waals surface area contributed by atoms with Crippen LogP contribution in [0.15, 0.2) is 33.7 Å². The van der Waals surface area contributed by atoms with Crippen LogP contribution in [0.2, 0.25) is 0 Å². The highest BCUT2D eigenvalue weighted by molar-refractivity contribution is 5.82. The Morgan fingerprint density at radius 1 is 1.38 bits per heavy atom. The van der Waals surface area contributed by atoms with Crippen LogP contribution < -0.4 is 5.32 Å². The number of likely N-dealkylation sites (N-methyl/N-ethyl adjacent to an activating group) is 1. The summed E-state index contributed by atoms with van der Waals surface area (Å²) in [4.78, 5) is 6.44. The van der Waals surface area contributed by atoms with Crippen LogP contribution in [0.4, 0.5) is 0 Å². The molecule has 3 rings (SSSR count). The number of nitrogens with zero attached hydrogens (tertiary/aromatic N) is 2. The van der Waals surface area contributed by atoms with Gasteiger partial charge < -0.3 is 19.4 Å². The van der Waals surface area contributed by atoms with E-state index in [1.807, 2.05) is 25.2 Å². The first-order valence-corrected chi connectivity index (χ1v) is 8.65. The van der Waals surface area contributed by atoms with E-state index in [-0.39, 0.29) is 0 Å². The third-order valence-corrected chi connectivity index (χ3v) is 4.54. The molecule has 1 aromatic heterocycles. The van der Waals surface area contributed by atoms with Gasteiger partial charge in [0.15, 0.2) is 5.96 Å². The third-order valence-electron chi connectivity index (χ3n) is 4.54. The fourth-order valence-electron chi connectivity index (χ4n) is 2.78. The molecular formula is C19H27N3O2. The number of ether oxygens (including phenoxy) is 1. The predicted octanol–water partition coefficient (Wildman–Crippen LogP) is 3.18. The minimum Gasteiger partial charge on any atom is -0.459 e. The molecule has 0 atom stereocenters. The zero-order valence-corrected chi connectivity index (χ0v) is 14.8. The van der Waals surface area contributed by atoms with Gasteiger partial charge in [-0.25, -0.2) is 0 Å². The molecule has 1 fully saturated rings. The van der Waals surface area contributed by atoms with Crippen molar-refractivity contribution in [1.29, 1.82) is 0 Å². The number of nitrogens with one attached hydrogen (secondary N) is 1. The van der Waals surface area contributed by atoms with Crippen molar-refractivity contribution < 1.29 is 9.15 Å². The fraction of sp³-hybridized carbons (Fsp3) is 0.526. The zero-order chi connectivity index (χ0) is 16.9. The topological polar surface area (TPSA) is 50.0 Å². The van der Waals surface area contributed by atoms with Crippen molar-refractivity contribution >= 4 is 16.9 Å². The Bertz CT molecular complexity index is 704. The van der Waals surface area contributed by atoms with E-state index in [0.29, 0.717) is 6.54 Å². The summed E-state index contributed by atoms with van der Waals surface area (Å²) in [5.41, 5.74) is 2.12. The number of fused-ring (bicyclic) bond motifs is 1. The number of furan rings is 1. The molecule has 0 bridgehead atoms. The number of hydrogen-bond donors (Lipinski definition) is 1. The number of rotatable bonds is 7. The highest BCUT2D eigenvalue weighted by Gasteiger charge is 2.21. The van der Waals surface area contributed by atoms with E-state index in [2.05, 4.69) is 28.2 Å². The average Bonchev–Trinajstić information content (AvgIpc) is 3.37. The molecule has 0 unspecified atom stereocenters. The zero-order valence-electron chi connectivity index (χ0n) is 14.8. The molecular weight excluding hydrogens is 302 g/mol. The van der Waals surface area contributed by atoms with E-state index in [4.69, 9.17) is 9.15 Å². The Hall–Kier alpha value is -2.01. The maximum atomic E-state index is 5.94. The largest absolute Gasteiger partial charge is 0.459 e. The first-order chi connectivity index (χ1) is 11.7. The summed E-state index contributed by atoms with van der Waals surface area (Å²) in [7, 11) is 3.83.